The van der Waals surface area contributed by atoms with Crippen LogP contribution in [0.25, 0.3) is 0 Å². The second kappa shape index (κ2) is 6.06. The fraction of sp³-hybridized carbons (Fsp3) is 0.600. The molecule has 0 spiro atoms. The third-order valence-electron chi connectivity index (χ3n) is 2.40. The quantitative estimate of drug-likeness (QED) is 0.791. The third kappa shape index (κ3) is 6.32. The molecule has 0 bridgehead atoms. The Morgan fingerprint density at radius 3 is 2.18 bits per heavy atom. The van der Waals surface area contributed by atoms with Crippen molar-refractivity contribution in [3.8, 4) is 5.75 Å². The number of aryl methyl sites for hydroxylation is 2. The van der Waals surface area contributed by atoms with Crippen molar-refractivity contribution in [2.24, 2.45) is 5.41 Å². The van der Waals surface area contributed by atoms with Gasteiger partial charge in [0.15, 0.2) is 0 Å². The van der Waals surface area contributed by atoms with Crippen LogP contribution in [-0.2, 0) is 0 Å². The van der Waals surface area contributed by atoms with Gasteiger partial charge in [0, 0.05) is 13.1 Å². The third-order valence-corrected chi connectivity index (χ3v) is 2.40. The Hall–Kier alpha value is -1.02. The molecule has 0 aliphatic carbocycles. The maximum absolute atomic E-state index is 5.72. The normalized spacial score (nSPS) is 11.6. The average molecular weight is 235 g/mol. The van der Waals surface area contributed by atoms with Gasteiger partial charge in [-0.3, -0.25) is 0 Å². The van der Waals surface area contributed by atoms with Gasteiger partial charge in [-0.25, -0.2) is 0 Å². The molecule has 0 aromatic heterocycles. The fourth-order valence-electron chi connectivity index (χ4n) is 1.72. The van der Waals surface area contributed by atoms with Crippen LogP contribution in [0.2, 0.25) is 0 Å². The Bertz CT molecular complexity index is 332. The van der Waals surface area contributed by atoms with Crippen LogP contribution in [0.5, 0.6) is 5.75 Å². The molecule has 0 heterocycles. The highest BCUT2D eigenvalue weighted by atomic mass is 16.5. The van der Waals surface area contributed by atoms with E-state index in [4.69, 9.17) is 4.74 Å². The highest BCUT2D eigenvalue weighted by Gasteiger charge is 2.08. The summed E-state index contributed by atoms with van der Waals surface area (Å²) in [7, 11) is 0. The molecule has 0 amide bonds. The molecule has 0 saturated heterocycles. The van der Waals surface area contributed by atoms with Crippen LogP contribution in [0.3, 0.4) is 0 Å². The fourth-order valence-corrected chi connectivity index (χ4v) is 1.72. The molecule has 0 aliphatic rings. The monoisotopic (exact) mass is 235 g/mol. The smallest absolute Gasteiger partial charge is 0.119 e. The van der Waals surface area contributed by atoms with Crippen molar-refractivity contribution >= 4 is 0 Å². The van der Waals surface area contributed by atoms with E-state index >= 15 is 0 Å². The van der Waals surface area contributed by atoms with Gasteiger partial charge in [0.2, 0.25) is 0 Å². The Morgan fingerprint density at radius 1 is 1.06 bits per heavy atom. The van der Waals surface area contributed by atoms with E-state index < -0.39 is 0 Å². The van der Waals surface area contributed by atoms with E-state index in [2.05, 4.69) is 58.1 Å². The van der Waals surface area contributed by atoms with Gasteiger partial charge in [0.05, 0.1) is 0 Å². The van der Waals surface area contributed by atoms with Crippen LogP contribution >= 0.6 is 0 Å². The molecule has 0 saturated carbocycles. The lowest BCUT2D eigenvalue weighted by Gasteiger charge is -2.18. The van der Waals surface area contributed by atoms with Gasteiger partial charge in [0.1, 0.15) is 12.4 Å². The standard InChI is InChI=1S/C15H25NO/c1-12-8-13(2)10-14(9-12)17-7-6-16-11-15(3,4)5/h8-10,16H,6-7,11H2,1-5H3. The van der Waals surface area contributed by atoms with Crippen LogP contribution < -0.4 is 10.1 Å². The minimum atomic E-state index is 0.333. The summed E-state index contributed by atoms with van der Waals surface area (Å²) in [6.45, 7) is 13.5. The number of benzene rings is 1. The van der Waals surface area contributed by atoms with Crippen LogP contribution in [0.4, 0.5) is 0 Å². The van der Waals surface area contributed by atoms with Crippen molar-refractivity contribution in [1.82, 2.24) is 5.32 Å². The van der Waals surface area contributed by atoms with Crippen molar-refractivity contribution in [3.63, 3.8) is 0 Å². The summed E-state index contributed by atoms with van der Waals surface area (Å²) in [6, 6.07) is 6.32. The van der Waals surface area contributed by atoms with Gasteiger partial charge >= 0.3 is 0 Å². The molecule has 2 nitrogen and oxygen atoms in total. The first-order chi connectivity index (χ1) is 7.87. The summed E-state index contributed by atoms with van der Waals surface area (Å²) < 4.78 is 5.72. The first kappa shape index (κ1) is 14.0. The minimum absolute atomic E-state index is 0.333. The first-order valence-corrected chi connectivity index (χ1v) is 6.29. The number of rotatable bonds is 5. The second-order valence-electron chi connectivity index (χ2n) is 5.91. The lowest BCUT2D eigenvalue weighted by atomic mass is 9.97. The summed E-state index contributed by atoms with van der Waals surface area (Å²) in [5, 5.41) is 3.40. The van der Waals surface area contributed by atoms with Gasteiger partial charge in [-0.15, -0.1) is 0 Å². The van der Waals surface area contributed by atoms with Crippen molar-refractivity contribution < 1.29 is 4.74 Å². The largest absolute Gasteiger partial charge is 0.492 e. The van der Waals surface area contributed by atoms with Gasteiger partial charge in [-0.05, 0) is 42.5 Å². The zero-order valence-electron chi connectivity index (χ0n) is 11.8. The van der Waals surface area contributed by atoms with Gasteiger partial charge in [0.25, 0.3) is 0 Å². The van der Waals surface area contributed by atoms with E-state index in [1.165, 1.54) is 11.1 Å². The maximum Gasteiger partial charge on any atom is 0.119 e. The zero-order chi connectivity index (χ0) is 12.9. The summed E-state index contributed by atoms with van der Waals surface area (Å²) in [6.07, 6.45) is 0. The average Bonchev–Trinajstić information content (AvgIpc) is 2.13. The first-order valence-electron chi connectivity index (χ1n) is 6.29. The summed E-state index contributed by atoms with van der Waals surface area (Å²) >= 11 is 0. The summed E-state index contributed by atoms with van der Waals surface area (Å²) in [4.78, 5) is 0. The lowest BCUT2D eigenvalue weighted by molar-refractivity contribution is 0.297. The van der Waals surface area contributed by atoms with Crippen molar-refractivity contribution in [2.75, 3.05) is 19.7 Å². The molecule has 0 atom stereocenters. The topological polar surface area (TPSA) is 21.3 Å². The second-order valence-corrected chi connectivity index (χ2v) is 5.91. The lowest BCUT2D eigenvalue weighted by Crippen LogP contribution is -2.30. The molecule has 1 aromatic rings. The molecule has 17 heavy (non-hydrogen) atoms. The Labute approximate surface area is 105 Å². The Balaban J connectivity index is 2.27. The number of nitrogens with one attached hydrogen (secondary N) is 1. The summed E-state index contributed by atoms with van der Waals surface area (Å²) in [5.74, 6) is 0.972. The molecule has 1 rings (SSSR count). The minimum Gasteiger partial charge on any atom is -0.492 e. The SMILES string of the molecule is Cc1cc(C)cc(OCCNCC(C)(C)C)c1. The van der Waals surface area contributed by atoms with E-state index in [-0.39, 0.29) is 0 Å². The molecule has 0 aliphatic heterocycles. The molecule has 0 fully saturated rings. The van der Waals surface area contributed by atoms with E-state index in [1.54, 1.807) is 0 Å². The highest BCUT2D eigenvalue weighted by molar-refractivity contribution is 5.32. The van der Waals surface area contributed by atoms with Crippen molar-refractivity contribution in [2.45, 2.75) is 34.6 Å². The Kier molecular flexibility index (Phi) is 5.01. The van der Waals surface area contributed by atoms with Crippen molar-refractivity contribution in [3.05, 3.63) is 29.3 Å². The molecule has 2 heteroatoms. The van der Waals surface area contributed by atoms with Crippen LogP contribution in [0.15, 0.2) is 18.2 Å². The van der Waals surface area contributed by atoms with Crippen molar-refractivity contribution in [1.29, 1.82) is 0 Å². The number of hydrogen-bond donors (Lipinski definition) is 1. The molecule has 1 aromatic carbocycles. The molecule has 96 valence electrons. The van der Waals surface area contributed by atoms with Gasteiger partial charge in [-0.2, -0.15) is 0 Å². The van der Waals surface area contributed by atoms with Crippen LogP contribution in [-0.4, -0.2) is 19.7 Å². The highest BCUT2D eigenvalue weighted by Crippen LogP contribution is 2.16. The molecule has 0 unspecified atom stereocenters. The molecule has 0 radical (unpaired) electrons. The number of hydrogen-bond acceptors (Lipinski definition) is 2. The molecular weight excluding hydrogens is 210 g/mol. The predicted molar refractivity (Wildman–Crippen MR) is 73.7 cm³/mol. The predicted octanol–water partition coefficient (Wildman–Crippen LogP) is 3.32. The molecular formula is C15H25NO. The van der Waals surface area contributed by atoms with E-state index in [1.807, 2.05) is 0 Å². The Morgan fingerprint density at radius 2 is 1.65 bits per heavy atom. The van der Waals surface area contributed by atoms with E-state index in [9.17, 15) is 0 Å². The maximum atomic E-state index is 5.72. The van der Waals surface area contributed by atoms with E-state index in [0.29, 0.717) is 5.41 Å². The van der Waals surface area contributed by atoms with Crippen LogP contribution in [0, 0.1) is 19.3 Å². The summed E-state index contributed by atoms with van der Waals surface area (Å²) in [5.41, 5.74) is 2.84. The zero-order valence-corrected chi connectivity index (χ0v) is 11.8. The molecule has 1 N–H and O–H groups in total. The van der Waals surface area contributed by atoms with Crippen LogP contribution in [0.1, 0.15) is 31.9 Å². The van der Waals surface area contributed by atoms with Gasteiger partial charge in [-0.1, -0.05) is 26.8 Å². The van der Waals surface area contributed by atoms with Gasteiger partial charge < -0.3 is 10.1 Å². The van der Waals surface area contributed by atoms with E-state index in [0.717, 1.165) is 25.4 Å². The number of ether oxygens (including phenoxy) is 1.